The largest absolute Gasteiger partial charge is 0.462 e. The Morgan fingerprint density at radius 1 is 1.00 bits per heavy atom. The van der Waals surface area contributed by atoms with Crippen molar-refractivity contribution in [2.45, 2.75) is 39.5 Å². The van der Waals surface area contributed by atoms with Gasteiger partial charge in [-0.1, -0.05) is 29.8 Å². The van der Waals surface area contributed by atoms with Gasteiger partial charge in [-0.3, -0.25) is 9.59 Å². The molecule has 0 aliphatic heterocycles. The Hall–Kier alpha value is -4.31. The number of fused-ring (bicyclic) bond motifs is 1. The number of aryl methyl sites for hydroxylation is 2. The molecule has 3 aromatic rings. The highest BCUT2D eigenvalue weighted by Gasteiger charge is 2.28. The molecule has 0 bridgehead atoms. The zero-order valence-corrected chi connectivity index (χ0v) is 21.9. The number of carbonyl (C=O) groups is 4. The van der Waals surface area contributed by atoms with Crippen LogP contribution in [0, 0.1) is 6.92 Å². The first kappa shape index (κ1) is 26.7. The van der Waals surface area contributed by atoms with Crippen molar-refractivity contribution in [3.63, 3.8) is 0 Å². The second kappa shape index (κ2) is 12.3. The summed E-state index contributed by atoms with van der Waals surface area (Å²) in [6.45, 7) is 3.85. The molecule has 0 spiro atoms. The Kier molecular flexibility index (Phi) is 8.65. The monoisotopic (exact) mass is 533 g/mol. The average molecular weight is 534 g/mol. The second-order valence-electron chi connectivity index (χ2n) is 8.62. The van der Waals surface area contributed by atoms with Crippen molar-refractivity contribution in [3.8, 4) is 5.75 Å². The fraction of sp³-hybridized carbons (Fsp3) is 0.250. The van der Waals surface area contributed by atoms with Crippen LogP contribution in [0.4, 0.5) is 5.00 Å². The molecule has 196 valence electrons. The summed E-state index contributed by atoms with van der Waals surface area (Å²) in [4.78, 5) is 50.8. The molecule has 2 amide bonds. The van der Waals surface area contributed by atoms with Crippen LogP contribution >= 0.6 is 11.3 Å². The Balaban J connectivity index is 1.37. The summed E-state index contributed by atoms with van der Waals surface area (Å²) in [5.74, 6) is -2.65. The topological polar surface area (TPSA) is 123 Å². The third kappa shape index (κ3) is 6.51. The van der Waals surface area contributed by atoms with Crippen molar-refractivity contribution in [2.75, 3.05) is 11.9 Å². The lowest BCUT2D eigenvalue weighted by Crippen LogP contribution is -2.32. The molecule has 0 atom stereocenters. The minimum Gasteiger partial charge on any atom is -0.462 e. The predicted molar refractivity (Wildman–Crippen MR) is 144 cm³/mol. The van der Waals surface area contributed by atoms with Gasteiger partial charge in [0.25, 0.3) is 0 Å². The molecule has 38 heavy (non-hydrogen) atoms. The fourth-order valence-electron chi connectivity index (χ4n) is 3.96. The number of nitrogens with one attached hydrogen (secondary N) is 2. The van der Waals surface area contributed by atoms with E-state index in [1.54, 1.807) is 43.3 Å². The fourth-order valence-corrected chi connectivity index (χ4v) is 5.24. The van der Waals surface area contributed by atoms with Crippen molar-refractivity contribution in [1.29, 1.82) is 0 Å². The van der Waals surface area contributed by atoms with Crippen LogP contribution in [0.25, 0.3) is 0 Å². The van der Waals surface area contributed by atoms with Crippen LogP contribution in [0.5, 0.6) is 5.75 Å². The summed E-state index contributed by atoms with van der Waals surface area (Å²) >= 11 is 1.30. The molecule has 1 aliphatic rings. The van der Waals surface area contributed by atoms with Gasteiger partial charge in [-0.15, -0.1) is 11.3 Å². The summed E-state index contributed by atoms with van der Waals surface area (Å²) in [6, 6.07) is 13.6. The first-order valence-electron chi connectivity index (χ1n) is 12.2. The Morgan fingerprint density at radius 3 is 2.53 bits per heavy atom. The third-order valence-corrected chi connectivity index (χ3v) is 7.03. The van der Waals surface area contributed by atoms with Gasteiger partial charge in [0.05, 0.1) is 23.9 Å². The number of ether oxygens (including phenoxy) is 2. The van der Waals surface area contributed by atoms with E-state index in [-0.39, 0.29) is 6.61 Å². The second-order valence-corrected chi connectivity index (χ2v) is 9.72. The number of esters is 2. The van der Waals surface area contributed by atoms with Crippen molar-refractivity contribution in [1.82, 2.24) is 5.43 Å². The molecule has 1 heterocycles. The number of nitrogens with zero attached hydrogens (tertiary/aromatic N) is 1. The molecule has 0 radical (unpaired) electrons. The van der Waals surface area contributed by atoms with Crippen LogP contribution in [0.2, 0.25) is 0 Å². The van der Waals surface area contributed by atoms with E-state index in [9.17, 15) is 19.2 Å². The average Bonchev–Trinajstić information content (AvgIpc) is 3.27. The minimum atomic E-state index is -0.996. The van der Waals surface area contributed by atoms with Gasteiger partial charge in [0.15, 0.2) is 0 Å². The zero-order valence-electron chi connectivity index (χ0n) is 21.0. The van der Waals surface area contributed by atoms with Gasteiger partial charge in [0.1, 0.15) is 10.8 Å². The molecule has 0 saturated heterocycles. The highest BCUT2D eigenvalue weighted by Crippen LogP contribution is 2.38. The Bertz CT molecular complexity index is 1390. The van der Waals surface area contributed by atoms with Gasteiger partial charge in [-0.2, -0.15) is 5.10 Å². The molecule has 0 fully saturated rings. The minimum absolute atomic E-state index is 0.207. The van der Waals surface area contributed by atoms with Gasteiger partial charge >= 0.3 is 23.8 Å². The summed E-state index contributed by atoms with van der Waals surface area (Å²) in [7, 11) is 0. The molecule has 2 aromatic carbocycles. The SMILES string of the molecule is CCOC(=O)c1c(NC(=O)C(=O)N/N=C/c2cccc(OC(=O)c3ccc(C)cc3)c2)sc2c1CCCC2. The van der Waals surface area contributed by atoms with E-state index in [1.165, 1.54) is 17.6 Å². The molecule has 1 aliphatic carbocycles. The standard InChI is InChI=1S/C28H27N3O6S/c1-3-36-28(35)23-21-9-4-5-10-22(21)38-26(23)30-24(32)25(33)31-29-16-18-7-6-8-20(15-18)37-27(34)19-13-11-17(2)12-14-19/h6-8,11-16H,3-5,9-10H2,1-2H3,(H,30,32)(H,31,33)/b29-16+. The molecular weight excluding hydrogens is 506 g/mol. The van der Waals surface area contributed by atoms with E-state index in [0.29, 0.717) is 27.4 Å². The van der Waals surface area contributed by atoms with Crippen molar-refractivity contribution < 1.29 is 28.7 Å². The van der Waals surface area contributed by atoms with E-state index in [0.717, 1.165) is 41.7 Å². The molecule has 10 heteroatoms. The zero-order chi connectivity index (χ0) is 27.1. The Labute approximate surface area is 223 Å². The quantitative estimate of drug-likeness (QED) is 0.152. The molecular formula is C28H27N3O6S. The van der Waals surface area contributed by atoms with Crippen molar-refractivity contribution in [2.24, 2.45) is 5.10 Å². The van der Waals surface area contributed by atoms with Crippen LogP contribution < -0.4 is 15.5 Å². The van der Waals surface area contributed by atoms with Gasteiger partial charge in [0.2, 0.25) is 0 Å². The first-order valence-corrected chi connectivity index (χ1v) is 13.0. The number of rotatable bonds is 7. The Morgan fingerprint density at radius 2 is 1.76 bits per heavy atom. The lowest BCUT2D eigenvalue weighted by atomic mass is 9.95. The maximum Gasteiger partial charge on any atom is 0.343 e. The van der Waals surface area contributed by atoms with Crippen molar-refractivity contribution >= 4 is 46.3 Å². The number of hydrogen-bond donors (Lipinski definition) is 2. The molecule has 0 unspecified atom stereocenters. The maximum absolute atomic E-state index is 12.5. The lowest BCUT2D eigenvalue weighted by Gasteiger charge is -2.12. The van der Waals surface area contributed by atoms with Gasteiger partial charge < -0.3 is 14.8 Å². The van der Waals surface area contributed by atoms with E-state index in [1.807, 2.05) is 19.1 Å². The van der Waals surface area contributed by atoms with E-state index < -0.39 is 23.8 Å². The first-order chi connectivity index (χ1) is 18.4. The number of anilines is 1. The van der Waals surface area contributed by atoms with E-state index >= 15 is 0 Å². The molecule has 1 aromatic heterocycles. The number of hydrogen-bond acceptors (Lipinski definition) is 8. The van der Waals surface area contributed by atoms with Crippen LogP contribution in [-0.4, -0.2) is 36.6 Å². The van der Waals surface area contributed by atoms with Gasteiger partial charge in [0, 0.05) is 4.88 Å². The van der Waals surface area contributed by atoms with Gasteiger partial charge in [-0.05, 0) is 74.9 Å². The number of carbonyl (C=O) groups excluding carboxylic acids is 4. The predicted octanol–water partition coefficient (Wildman–Crippen LogP) is 4.42. The van der Waals surface area contributed by atoms with Crippen molar-refractivity contribution in [3.05, 3.63) is 81.2 Å². The van der Waals surface area contributed by atoms with E-state index in [4.69, 9.17) is 9.47 Å². The van der Waals surface area contributed by atoms with Crippen LogP contribution in [0.1, 0.15) is 62.0 Å². The smallest absolute Gasteiger partial charge is 0.343 e. The van der Waals surface area contributed by atoms with Gasteiger partial charge in [-0.25, -0.2) is 15.0 Å². The molecule has 4 rings (SSSR count). The van der Waals surface area contributed by atoms with E-state index in [2.05, 4.69) is 15.8 Å². The highest BCUT2D eigenvalue weighted by molar-refractivity contribution is 7.17. The normalized spacial score (nSPS) is 12.5. The lowest BCUT2D eigenvalue weighted by molar-refractivity contribution is -0.136. The van der Waals surface area contributed by atoms with Crippen LogP contribution in [0.15, 0.2) is 53.6 Å². The molecule has 0 saturated carbocycles. The maximum atomic E-state index is 12.5. The number of amides is 2. The highest BCUT2D eigenvalue weighted by atomic mass is 32.1. The van der Waals surface area contributed by atoms with Crippen LogP contribution in [-0.2, 0) is 27.2 Å². The third-order valence-electron chi connectivity index (χ3n) is 5.82. The number of benzene rings is 2. The summed E-state index contributed by atoms with van der Waals surface area (Å²) in [5, 5.41) is 6.68. The summed E-state index contributed by atoms with van der Waals surface area (Å²) in [5.41, 5.74) is 5.38. The molecule has 2 N–H and O–H groups in total. The molecule has 9 nitrogen and oxygen atoms in total. The summed E-state index contributed by atoms with van der Waals surface area (Å²) in [6.07, 6.45) is 4.82. The summed E-state index contributed by atoms with van der Waals surface area (Å²) < 4.78 is 10.6. The number of thiophene rings is 1. The number of hydrazone groups is 1. The van der Waals surface area contributed by atoms with Crippen LogP contribution in [0.3, 0.4) is 0 Å².